The molecule has 0 saturated heterocycles. The van der Waals surface area contributed by atoms with Gasteiger partial charge in [0.05, 0.1) is 0 Å². The predicted octanol–water partition coefficient (Wildman–Crippen LogP) is -2.20. The largest absolute Gasteiger partial charge is 3.00 e. The molecule has 1 atom stereocenters. The van der Waals surface area contributed by atoms with Crippen LogP contribution in [0.3, 0.4) is 0 Å². The van der Waals surface area contributed by atoms with Crippen molar-refractivity contribution in [3.8, 4) is 0 Å². The minimum atomic E-state index is 0. The van der Waals surface area contributed by atoms with Gasteiger partial charge in [0.15, 0.2) is 0 Å². The van der Waals surface area contributed by atoms with Gasteiger partial charge in [-0.2, -0.15) is 5.56 Å². The molecule has 1 aromatic rings. The van der Waals surface area contributed by atoms with Gasteiger partial charge in [0, 0.05) is 0 Å². The molecule has 3 heteroatoms. The number of halogens is 2. The molecular formula is C13H15Cl2Zr. The maximum Gasteiger partial charge on any atom is 3.00 e. The molecule has 2 rings (SSSR count). The third kappa shape index (κ3) is 4.36. The van der Waals surface area contributed by atoms with Crippen molar-refractivity contribution in [2.75, 3.05) is 0 Å². The Morgan fingerprint density at radius 2 is 1.88 bits per heavy atom. The van der Waals surface area contributed by atoms with Crippen molar-refractivity contribution in [3.05, 3.63) is 41.5 Å². The molecule has 0 bridgehead atoms. The Balaban J connectivity index is 0. The van der Waals surface area contributed by atoms with E-state index in [9.17, 15) is 0 Å². The Morgan fingerprint density at radius 3 is 2.56 bits per heavy atom. The zero-order valence-corrected chi connectivity index (χ0v) is 13.3. The fourth-order valence-corrected chi connectivity index (χ4v) is 1.89. The first kappa shape index (κ1) is 18.8. The number of hydrogen-bond donors (Lipinski definition) is 0. The first-order valence-electron chi connectivity index (χ1n) is 5.10. The molecule has 0 nitrogen and oxygen atoms in total. The summed E-state index contributed by atoms with van der Waals surface area (Å²) in [5, 5.41) is 0. The maximum absolute atomic E-state index is 3.43. The van der Waals surface area contributed by atoms with Crippen LogP contribution < -0.4 is 24.8 Å². The molecule has 0 spiro atoms. The van der Waals surface area contributed by atoms with Gasteiger partial charge in [0.2, 0.25) is 0 Å². The van der Waals surface area contributed by atoms with Crippen LogP contribution in [0.4, 0.5) is 0 Å². The summed E-state index contributed by atoms with van der Waals surface area (Å²) in [5.41, 5.74) is 2.83. The molecule has 0 aromatic heterocycles. The van der Waals surface area contributed by atoms with E-state index in [1.54, 1.807) is 0 Å². The van der Waals surface area contributed by atoms with Crippen LogP contribution in [0.25, 0.3) is 6.08 Å². The van der Waals surface area contributed by atoms with Crippen molar-refractivity contribution in [1.29, 1.82) is 0 Å². The van der Waals surface area contributed by atoms with Gasteiger partial charge in [-0.15, -0.1) is 11.6 Å². The molecule has 0 aliphatic heterocycles. The first-order chi connectivity index (χ1) is 6.42. The predicted molar refractivity (Wildman–Crippen MR) is 56.4 cm³/mol. The second-order valence-electron chi connectivity index (χ2n) is 3.63. The average Bonchev–Trinajstić information content (AvgIpc) is 2.58. The smallest absolute Gasteiger partial charge is 1.00 e. The summed E-state index contributed by atoms with van der Waals surface area (Å²) in [5.74, 6) is 0.566. The Kier molecular flexibility index (Phi) is 11.1. The number of allylic oxidation sites excluding steroid dienone is 1. The van der Waals surface area contributed by atoms with Gasteiger partial charge in [-0.1, -0.05) is 50.3 Å². The minimum absolute atomic E-state index is 0. The van der Waals surface area contributed by atoms with E-state index in [1.807, 2.05) is 0 Å². The molecule has 0 N–H and O–H groups in total. The standard InChI is InChI=1S/C13H15.2ClH.Zr/c1-2-3-6-11-9-10-12-7-4-5-8-13(11)12;;;/h4-5,7-8,10-11H,2-3,6H2,1H3;2*1H;/q-1;;;+3/p-2. The number of fused-ring (bicyclic) bond motifs is 1. The molecule has 1 aromatic carbocycles. The van der Waals surface area contributed by atoms with E-state index in [0.29, 0.717) is 5.92 Å². The Bertz CT molecular complexity index is 323. The van der Waals surface area contributed by atoms with Crippen LogP contribution in [-0.2, 0) is 26.2 Å². The molecule has 0 fully saturated rings. The zero-order valence-electron chi connectivity index (χ0n) is 9.34. The van der Waals surface area contributed by atoms with Crippen LogP contribution in [0.2, 0.25) is 0 Å². The van der Waals surface area contributed by atoms with Crippen LogP contribution in [0.1, 0.15) is 43.2 Å². The van der Waals surface area contributed by atoms with E-state index in [1.165, 1.54) is 30.4 Å². The summed E-state index contributed by atoms with van der Waals surface area (Å²) < 4.78 is 0. The van der Waals surface area contributed by atoms with E-state index >= 15 is 0 Å². The van der Waals surface area contributed by atoms with Gasteiger partial charge in [-0.05, 0) is 0 Å². The molecule has 0 amide bonds. The van der Waals surface area contributed by atoms with E-state index < -0.39 is 0 Å². The summed E-state index contributed by atoms with van der Waals surface area (Å²) in [6.07, 6.45) is 9.40. The normalized spacial score (nSPS) is 15.4. The average molecular weight is 333 g/mol. The Labute approximate surface area is 130 Å². The quantitative estimate of drug-likeness (QED) is 0.551. The second-order valence-corrected chi connectivity index (χ2v) is 3.63. The van der Waals surface area contributed by atoms with Crippen LogP contribution in [0.5, 0.6) is 0 Å². The first-order valence-corrected chi connectivity index (χ1v) is 5.10. The summed E-state index contributed by atoms with van der Waals surface area (Å²) in [6, 6.07) is 8.62. The maximum atomic E-state index is 3.43. The van der Waals surface area contributed by atoms with Crippen LogP contribution in [0.15, 0.2) is 24.3 Å². The van der Waals surface area contributed by atoms with Crippen molar-refractivity contribution in [1.82, 2.24) is 0 Å². The fraction of sp³-hybridized carbons (Fsp3) is 0.385. The SMILES string of the molecule is CCCCC1[C-]=Cc2ccccc21.[Cl-].[Cl-].[Zr+3]. The van der Waals surface area contributed by atoms with Crippen molar-refractivity contribution in [2.45, 2.75) is 32.1 Å². The molecule has 1 unspecified atom stereocenters. The topological polar surface area (TPSA) is 0 Å². The van der Waals surface area contributed by atoms with E-state index in [4.69, 9.17) is 0 Å². The van der Waals surface area contributed by atoms with Gasteiger partial charge in [-0.3, -0.25) is 6.08 Å². The van der Waals surface area contributed by atoms with Gasteiger partial charge in [0.25, 0.3) is 0 Å². The van der Waals surface area contributed by atoms with Gasteiger partial charge in [0.1, 0.15) is 0 Å². The molecule has 1 aliphatic rings. The zero-order chi connectivity index (χ0) is 9.10. The van der Waals surface area contributed by atoms with Crippen molar-refractivity contribution in [2.24, 2.45) is 0 Å². The van der Waals surface area contributed by atoms with Gasteiger partial charge >= 0.3 is 26.2 Å². The molecule has 0 saturated carbocycles. The van der Waals surface area contributed by atoms with E-state index in [2.05, 4.69) is 43.3 Å². The fourth-order valence-electron chi connectivity index (χ4n) is 1.89. The monoisotopic (exact) mass is 331 g/mol. The second kappa shape index (κ2) is 9.45. The third-order valence-electron chi connectivity index (χ3n) is 2.66. The van der Waals surface area contributed by atoms with Gasteiger partial charge < -0.3 is 24.8 Å². The molecule has 1 aliphatic carbocycles. The van der Waals surface area contributed by atoms with Crippen molar-refractivity contribution < 1.29 is 51.0 Å². The number of rotatable bonds is 3. The summed E-state index contributed by atoms with van der Waals surface area (Å²) >= 11 is 0. The van der Waals surface area contributed by atoms with Crippen LogP contribution in [-0.4, -0.2) is 0 Å². The summed E-state index contributed by atoms with van der Waals surface area (Å²) in [4.78, 5) is 0. The molecule has 1 radical (unpaired) electrons. The number of benzene rings is 1. The van der Waals surface area contributed by atoms with Crippen LogP contribution >= 0.6 is 0 Å². The summed E-state index contributed by atoms with van der Waals surface area (Å²) in [7, 11) is 0. The molecule has 85 valence electrons. The van der Waals surface area contributed by atoms with Crippen LogP contribution in [0, 0.1) is 6.08 Å². The molecular weight excluding hydrogens is 318 g/mol. The van der Waals surface area contributed by atoms with E-state index in [-0.39, 0.29) is 51.0 Å². The van der Waals surface area contributed by atoms with Crippen molar-refractivity contribution >= 4 is 6.08 Å². The van der Waals surface area contributed by atoms with Crippen molar-refractivity contribution in [3.63, 3.8) is 0 Å². The van der Waals surface area contributed by atoms with Gasteiger partial charge in [-0.25, -0.2) is 6.08 Å². The molecule has 16 heavy (non-hydrogen) atoms. The summed E-state index contributed by atoms with van der Waals surface area (Å²) in [6.45, 7) is 2.24. The number of unbranched alkanes of at least 4 members (excludes halogenated alkanes) is 1. The third-order valence-corrected chi connectivity index (χ3v) is 2.66. The number of hydrogen-bond acceptors (Lipinski definition) is 0. The molecule has 0 heterocycles. The Hall–Kier alpha value is 0.423. The Morgan fingerprint density at radius 1 is 1.19 bits per heavy atom. The minimum Gasteiger partial charge on any atom is -1.00 e. The van der Waals surface area contributed by atoms with E-state index in [0.717, 1.165) is 0 Å².